The SMILES string of the molecule is CC[NH+](CC)CCn1c(N)cc(=O)[nH]c1=O. The lowest BCUT2D eigenvalue weighted by molar-refractivity contribution is -0.897. The minimum Gasteiger partial charge on any atom is -0.385 e. The van der Waals surface area contributed by atoms with Gasteiger partial charge in [0.1, 0.15) is 5.82 Å². The standard InChI is InChI=1S/C10H18N4O2/c1-3-13(4-2)5-6-14-8(11)7-9(15)12-10(14)16/h7H,3-6,11H2,1-2H3,(H,12,15,16)/p+1. The number of likely N-dealkylation sites (N-methyl/N-ethyl adjacent to an activating group) is 1. The average molecular weight is 227 g/mol. The quantitative estimate of drug-likeness (QED) is 0.546. The molecule has 1 aromatic rings. The molecule has 0 fully saturated rings. The van der Waals surface area contributed by atoms with Gasteiger partial charge in [-0.2, -0.15) is 0 Å². The zero-order chi connectivity index (χ0) is 12.1. The highest BCUT2D eigenvalue weighted by atomic mass is 16.2. The molecule has 0 spiro atoms. The summed E-state index contributed by atoms with van der Waals surface area (Å²) in [5.41, 5.74) is 4.74. The maximum atomic E-state index is 11.5. The van der Waals surface area contributed by atoms with E-state index in [-0.39, 0.29) is 5.82 Å². The van der Waals surface area contributed by atoms with Gasteiger partial charge in [-0.05, 0) is 13.8 Å². The van der Waals surface area contributed by atoms with Crippen molar-refractivity contribution in [3.8, 4) is 0 Å². The highest BCUT2D eigenvalue weighted by Crippen LogP contribution is 1.90. The van der Waals surface area contributed by atoms with Crippen LogP contribution in [0.5, 0.6) is 0 Å². The van der Waals surface area contributed by atoms with Gasteiger partial charge in [0, 0.05) is 6.07 Å². The van der Waals surface area contributed by atoms with Crippen LogP contribution < -0.4 is 21.9 Å². The Hall–Kier alpha value is -1.56. The number of nitrogens with two attached hydrogens (primary N) is 1. The third-order valence-electron chi connectivity index (χ3n) is 2.75. The van der Waals surface area contributed by atoms with Crippen LogP contribution in [0.1, 0.15) is 13.8 Å². The van der Waals surface area contributed by atoms with E-state index in [2.05, 4.69) is 18.8 Å². The van der Waals surface area contributed by atoms with E-state index >= 15 is 0 Å². The smallest absolute Gasteiger partial charge is 0.330 e. The number of aromatic nitrogens is 2. The fraction of sp³-hybridized carbons (Fsp3) is 0.600. The van der Waals surface area contributed by atoms with Crippen molar-refractivity contribution >= 4 is 5.82 Å². The molecule has 0 saturated heterocycles. The molecule has 16 heavy (non-hydrogen) atoms. The van der Waals surface area contributed by atoms with Gasteiger partial charge in [0.15, 0.2) is 0 Å². The lowest BCUT2D eigenvalue weighted by Crippen LogP contribution is -3.11. The number of anilines is 1. The van der Waals surface area contributed by atoms with Gasteiger partial charge in [-0.15, -0.1) is 0 Å². The zero-order valence-corrected chi connectivity index (χ0v) is 9.75. The van der Waals surface area contributed by atoms with E-state index in [9.17, 15) is 9.59 Å². The van der Waals surface area contributed by atoms with Crippen LogP contribution in [-0.2, 0) is 6.54 Å². The minimum absolute atomic E-state index is 0.223. The lowest BCUT2D eigenvalue weighted by atomic mass is 10.4. The first-order chi connectivity index (χ1) is 7.58. The zero-order valence-electron chi connectivity index (χ0n) is 9.75. The molecule has 90 valence electrons. The summed E-state index contributed by atoms with van der Waals surface area (Å²) in [4.78, 5) is 26.0. The summed E-state index contributed by atoms with van der Waals surface area (Å²) in [6.45, 7) is 7.56. The Bertz CT molecular complexity index is 445. The van der Waals surface area contributed by atoms with E-state index in [1.54, 1.807) is 0 Å². The van der Waals surface area contributed by atoms with Crippen molar-refractivity contribution in [1.82, 2.24) is 9.55 Å². The Morgan fingerprint density at radius 1 is 1.38 bits per heavy atom. The summed E-state index contributed by atoms with van der Waals surface area (Å²) < 4.78 is 1.40. The fourth-order valence-corrected chi connectivity index (χ4v) is 1.64. The second-order valence-electron chi connectivity index (χ2n) is 3.72. The van der Waals surface area contributed by atoms with Crippen molar-refractivity contribution in [2.24, 2.45) is 0 Å². The van der Waals surface area contributed by atoms with Gasteiger partial charge in [0.2, 0.25) is 0 Å². The second kappa shape index (κ2) is 5.50. The van der Waals surface area contributed by atoms with Crippen LogP contribution >= 0.6 is 0 Å². The van der Waals surface area contributed by atoms with Crippen molar-refractivity contribution in [1.29, 1.82) is 0 Å². The molecule has 0 bridgehead atoms. The number of H-pyrrole nitrogens is 1. The topological polar surface area (TPSA) is 85.3 Å². The first-order valence-corrected chi connectivity index (χ1v) is 5.51. The van der Waals surface area contributed by atoms with Crippen molar-refractivity contribution in [3.05, 3.63) is 26.9 Å². The van der Waals surface area contributed by atoms with Crippen LogP contribution in [0.3, 0.4) is 0 Å². The molecule has 1 rings (SSSR count). The average Bonchev–Trinajstić information content (AvgIpc) is 2.22. The van der Waals surface area contributed by atoms with Gasteiger partial charge in [-0.25, -0.2) is 4.79 Å². The normalized spacial score (nSPS) is 10.9. The highest BCUT2D eigenvalue weighted by molar-refractivity contribution is 5.25. The van der Waals surface area contributed by atoms with Crippen LogP contribution in [-0.4, -0.2) is 29.2 Å². The van der Waals surface area contributed by atoms with Crippen molar-refractivity contribution < 1.29 is 4.90 Å². The van der Waals surface area contributed by atoms with Crippen LogP contribution in [0, 0.1) is 0 Å². The fourth-order valence-electron chi connectivity index (χ4n) is 1.64. The number of nitrogens with one attached hydrogen (secondary N) is 2. The molecule has 0 aliphatic rings. The first kappa shape index (κ1) is 12.5. The number of quaternary nitrogens is 1. The van der Waals surface area contributed by atoms with E-state index in [1.165, 1.54) is 15.5 Å². The molecular formula is C10H19N4O2+. The molecule has 0 unspecified atom stereocenters. The van der Waals surface area contributed by atoms with Gasteiger partial charge >= 0.3 is 5.69 Å². The molecule has 0 aliphatic heterocycles. The van der Waals surface area contributed by atoms with E-state index in [0.29, 0.717) is 6.54 Å². The van der Waals surface area contributed by atoms with Crippen LogP contribution in [0.15, 0.2) is 15.7 Å². The number of hydrogen-bond donors (Lipinski definition) is 3. The van der Waals surface area contributed by atoms with Crippen molar-refractivity contribution in [3.63, 3.8) is 0 Å². The molecule has 0 amide bonds. The molecule has 0 saturated carbocycles. The van der Waals surface area contributed by atoms with Crippen LogP contribution in [0.2, 0.25) is 0 Å². The maximum absolute atomic E-state index is 11.5. The summed E-state index contributed by atoms with van der Waals surface area (Å²) in [5.74, 6) is 0.223. The van der Waals surface area contributed by atoms with Crippen LogP contribution in [0.25, 0.3) is 0 Å². The van der Waals surface area contributed by atoms with Crippen LogP contribution in [0.4, 0.5) is 5.82 Å². The summed E-state index contributed by atoms with van der Waals surface area (Å²) in [7, 11) is 0. The monoisotopic (exact) mass is 227 g/mol. The summed E-state index contributed by atoms with van der Waals surface area (Å²) in [6.07, 6.45) is 0. The molecule has 1 aromatic heterocycles. The van der Waals surface area contributed by atoms with Crippen molar-refractivity contribution in [2.45, 2.75) is 20.4 Å². The van der Waals surface area contributed by atoms with E-state index in [4.69, 9.17) is 5.73 Å². The molecule has 6 heteroatoms. The first-order valence-electron chi connectivity index (χ1n) is 5.51. The number of rotatable bonds is 5. The Morgan fingerprint density at radius 2 is 2.00 bits per heavy atom. The van der Waals surface area contributed by atoms with Gasteiger partial charge < -0.3 is 10.6 Å². The Kier molecular flexibility index (Phi) is 4.30. The minimum atomic E-state index is -0.450. The van der Waals surface area contributed by atoms with E-state index < -0.39 is 11.2 Å². The maximum Gasteiger partial charge on any atom is 0.330 e. The molecule has 0 atom stereocenters. The Balaban J connectivity index is 2.82. The molecule has 4 N–H and O–H groups in total. The van der Waals surface area contributed by atoms with E-state index in [0.717, 1.165) is 19.6 Å². The third kappa shape index (κ3) is 2.96. The number of hydrogen-bond acceptors (Lipinski definition) is 3. The number of nitrogen functional groups attached to an aromatic ring is 1. The molecule has 0 aliphatic carbocycles. The number of aromatic amines is 1. The van der Waals surface area contributed by atoms with Gasteiger partial charge in [0.25, 0.3) is 5.56 Å². The van der Waals surface area contributed by atoms with E-state index in [1.807, 2.05) is 0 Å². The predicted octanol–water partition coefficient (Wildman–Crippen LogP) is -1.96. The van der Waals surface area contributed by atoms with Gasteiger partial charge in [-0.1, -0.05) is 0 Å². The van der Waals surface area contributed by atoms with Gasteiger partial charge in [0.05, 0.1) is 26.2 Å². The predicted molar refractivity (Wildman–Crippen MR) is 62.6 cm³/mol. The largest absolute Gasteiger partial charge is 0.385 e. The lowest BCUT2D eigenvalue weighted by Gasteiger charge is -2.16. The molecule has 1 heterocycles. The summed E-state index contributed by atoms with van der Waals surface area (Å²) in [5, 5.41) is 0. The summed E-state index contributed by atoms with van der Waals surface area (Å²) in [6, 6.07) is 1.24. The molecule has 0 aromatic carbocycles. The second-order valence-corrected chi connectivity index (χ2v) is 3.72. The Morgan fingerprint density at radius 3 is 2.50 bits per heavy atom. The number of nitrogens with zero attached hydrogens (tertiary/aromatic N) is 1. The Labute approximate surface area is 93.7 Å². The third-order valence-corrected chi connectivity index (χ3v) is 2.75. The molecule has 0 radical (unpaired) electrons. The summed E-state index contributed by atoms with van der Waals surface area (Å²) >= 11 is 0. The molecule has 6 nitrogen and oxygen atoms in total. The highest BCUT2D eigenvalue weighted by Gasteiger charge is 2.06. The van der Waals surface area contributed by atoms with Crippen molar-refractivity contribution in [2.75, 3.05) is 25.4 Å². The van der Waals surface area contributed by atoms with Gasteiger partial charge in [-0.3, -0.25) is 14.3 Å². The molecular weight excluding hydrogens is 208 g/mol.